The first-order valence-corrected chi connectivity index (χ1v) is 7.14. The summed E-state index contributed by atoms with van der Waals surface area (Å²) in [4.78, 5) is 11.3. The normalized spacial score (nSPS) is 18.1. The molecule has 1 N–H and O–H groups in total. The molecular formula is C16H22O3. The third-order valence-electron chi connectivity index (χ3n) is 3.84. The molecule has 1 aliphatic rings. The van der Waals surface area contributed by atoms with Crippen molar-refractivity contribution in [2.45, 2.75) is 51.2 Å². The van der Waals surface area contributed by atoms with Gasteiger partial charge >= 0.3 is 5.97 Å². The van der Waals surface area contributed by atoms with Gasteiger partial charge in [-0.15, -0.1) is 0 Å². The van der Waals surface area contributed by atoms with Gasteiger partial charge in [0.2, 0.25) is 0 Å². The standard InChI is InChI=1S/C16H22O3/c17-16(18)15(11-13-7-3-1-4-8-13)19-12-14-9-5-2-6-10-14/h2,5-6,9-10,13,15H,1,3-4,7-8,11-12H2,(H,17,18)/t15-/m1/s1. The average Bonchev–Trinajstić information content (AvgIpc) is 2.45. The van der Waals surface area contributed by atoms with Gasteiger partial charge in [0, 0.05) is 0 Å². The zero-order valence-corrected chi connectivity index (χ0v) is 11.3. The van der Waals surface area contributed by atoms with Crippen LogP contribution < -0.4 is 0 Å². The molecule has 1 atom stereocenters. The summed E-state index contributed by atoms with van der Waals surface area (Å²) in [6.45, 7) is 0.379. The fraction of sp³-hybridized carbons (Fsp3) is 0.562. The van der Waals surface area contributed by atoms with Gasteiger partial charge in [-0.2, -0.15) is 0 Å². The lowest BCUT2D eigenvalue weighted by molar-refractivity contribution is -0.152. The molecule has 0 amide bonds. The van der Waals surface area contributed by atoms with E-state index in [0.717, 1.165) is 18.4 Å². The smallest absolute Gasteiger partial charge is 0.332 e. The minimum absolute atomic E-state index is 0.379. The van der Waals surface area contributed by atoms with Crippen molar-refractivity contribution in [3.8, 4) is 0 Å². The molecule has 0 bridgehead atoms. The average molecular weight is 262 g/mol. The molecule has 1 aromatic carbocycles. The van der Waals surface area contributed by atoms with Crippen molar-refractivity contribution >= 4 is 5.97 Å². The molecule has 19 heavy (non-hydrogen) atoms. The Morgan fingerprint density at radius 2 is 1.89 bits per heavy atom. The third-order valence-corrected chi connectivity index (χ3v) is 3.84. The van der Waals surface area contributed by atoms with E-state index in [1.807, 2.05) is 30.3 Å². The number of hydrogen-bond donors (Lipinski definition) is 1. The van der Waals surface area contributed by atoms with Crippen molar-refractivity contribution in [2.24, 2.45) is 5.92 Å². The molecule has 104 valence electrons. The van der Waals surface area contributed by atoms with Crippen molar-refractivity contribution in [2.75, 3.05) is 0 Å². The predicted molar refractivity (Wildman–Crippen MR) is 73.8 cm³/mol. The van der Waals surface area contributed by atoms with E-state index in [-0.39, 0.29) is 0 Å². The Kier molecular flexibility index (Phi) is 5.40. The number of hydrogen-bond acceptors (Lipinski definition) is 2. The first kappa shape index (κ1) is 14.1. The third kappa shape index (κ3) is 4.67. The lowest BCUT2D eigenvalue weighted by Crippen LogP contribution is -2.27. The number of carboxylic acid groups (broad SMARTS) is 1. The molecule has 0 saturated heterocycles. The largest absolute Gasteiger partial charge is 0.479 e. The molecule has 0 radical (unpaired) electrons. The Morgan fingerprint density at radius 1 is 1.21 bits per heavy atom. The van der Waals surface area contributed by atoms with E-state index in [2.05, 4.69) is 0 Å². The second-order valence-electron chi connectivity index (χ2n) is 5.36. The Bertz CT molecular complexity index is 382. The first-order valence-electron chi connectivity index (χ1n) is 7.14. The van der Waals surface area contributed by atoms with Gasteiger partial charge < -0.3 is 9.84 Å². The van der Waals surface area contributed by atoms with Gasteiger partial charge in [0.25, 0.3) is 0 Å². The van der Waals surface area contributed by atoms with Crippen molar-refractivity contribution in [3.63, 3.8) is 0 Å². The molecule has 0 unspecified atom stereocenters. The Morgan fingerprint density at radius 3 is 2.53 bits per heavy atom. The summed E-state index contributed by atoms with van der Waals surface area (Å²) in [6, 6.07) is 9.74. The van der Waals surface area contributed by atoms with Gasteiger partial charge in [-0.25, -0.2) is 4.79 Å². The van der Waals surface area contributed by atoms with Crippen LogP contribution in [0.15, 0.2) is 30.3 Å². The van der Waals surface area contributed by atoms with Crippen LogP contribution in [0.1, 0.15) is 44.1 Å². The van der Waals surface area contributed by atoms with Gasteiger partial charge in [0.1, 0.15) is 0 Å². The number of benzene rings is 1. The molecule has 0 heterocycles. The van der Waals surface area contributed by atoms with Crippen molar-refractivity contribution < 1.29 is 14.6 Å². The summed E-state index contributed by atoms with van der Waals surface area (Å²) in [5, 5.41) is 9.26. The van der Waals surface area contributed by atoms with E-state index in [1.54, 1.807) is 0 Å². The maximum atomic E-state index is 11.3. The molecule has 2 rings (SSSR count). The number of carboxylic acids is 1. The monoisotopic (exact) mass is 262 g/mol. The number of carbonyl (C=O) groups is 1. The van der Waals surface area contributed by atoms with Crippen LogP contribution >= 0.6 is 0 Å². The lowest BCUT2D eigenvalue weighted by Gasteiger charge is -2.24. The summed E-state index contributed by atoms with van der Waals surface area (Å²) >= 11 is 0. The predicted octanol–water partition coefficient (Wildman–Crippen LogP) is 3.63. The van der Waals surface area contributed by atoms with Gasteiger partial charge in [-0.05, 0) is 17.9 Å². The highest BCUT2D eigenvalue weighted by Crippen LogP contribution is 2.28. The summed E-state index contributed by atoms with van der Waals surface area (Å²) < 4.78 is 5.59. The van der Waals surface area contributed by atoms with Gasteiger partial charge in [0.15, 0.2) is 6.10 Å². The van der Waals surface area contributed by atoms with Crippen LogP contribution in [0.3, 0.4) is 0 Å². The van der Waals surface area contributed by atoms with Crippen molar-refractivity contribution in [1.29, 1.82) is 0 Å². The van der Waals surface area contributed by atoms with E-state index in [1.165, 1.54) is 19.3 Å². The zero-order valence-electron chi connectivity index (χ0n) is 11.3. The fourth-order valence-electron chi connectivity index (χ4n) is 2.74. The van der Waals surface area contributed by atoms with Crippen LogP contribution in [0.25, 0.3) is 0 Å². The summed E-state index contributed by atoms with van der Waals surface area (Å²) in [5.41, 5.74) is 1.03. The second kappa shape index (κ2) is 7.29. The molecule has 3 nitrogen and oxygen atoms in total. The van der Waals surface area contributed by atoms with E-state index in [4.69, 9.17) is 4.74 Å². The Hall–Kier alpha value is -1.35. The van der Waals surface area contributed by atoms with Gasteiger partial charge in [-0.3, -0.25) is 0 Å². The first-order chi connectivity index (χ1) is 9.25. The van der Waals surface area contributed by atoms with E-state index >= 15 is 0 Å². The molecule has 1 saturated carbocycles. The SMILES string of the molecule is O=C(O)[C@@H](CC1CCCCC1)OCc1ccccc1. The minimum Gasteiger partial charge on any atom is -0.479 e. The highest BCUT2D eigenvalue weighted by Gasteiger charge is 2.24. The van der Waals surface area contributed by atoms with Crippen LogP contribution in [0.4, 0.5) is 0 Å². The quantitative estimate of drug-likeness (QED) is 0.851. The maximum Gasteiger partial charge on any atom is 0.332 e. The number of ether oxygens (including phenoxy) is 1. The van der Waals surface area contributed by atoms with E-state index in [9.17, 15) is 9.90 Å². The van der Waals surface area contributed by atoms with Gasteiger partial charge in [0.05, 0.1) is 6.61 Å². The summed E-state index contributed by atoms with van der Waals surface area (Å²) in [5.74, 6) is -0.313. The van der Waals surface area contributed by atoms with Crippen LogP contribution in [0.2, 0.25) is 0 Å². The molecule has 0 spiro atoms. The van der Waals surface area contributed by atoms with Crippen LogP contribution in [0, 0.1) is 5.92 Å². The summed E-state index contributed by atoms with van der Waals surface area (Å²) in [6.07, 6.45) is 6.05. The Labute approximate surface area is 114 Å². The Balaban J connectivity index is 1.83. The number of aliphatic carboxylic acids is 1. The molecule has 0 aromatic heterocycles. The van der Waals surface area contributed by atoms with Crippen molar-refractivity contribution in [3.05, 3.63) is 35.9 Å². The molecule has 0 aliphatic heterocycles. The molecule has 1 aromatic rings. The van der Waals surface area contributed by atoms with Crippen molar-refractivity contribution in [1.82, 2.24) is 0 Å². The van der Waals surface area contributed by atoms with Crippen LogP contribution in [-0.4, -0.2) is 17.2 Å². The second-order valence-corrected chi connectivity index (χ2v) is 5.36. The van der Waals surface area contributed by atoms with Crippen LogP contribution in [0.5, 0.6) is 0 Å². The van der Waals surface area contributed by atoms with Crippen LogP contribution in [-0.2, 0) is 16.1 Å². The number of rotatable bonds is 6. The molecular weight excluding hydrogens is 240 g/mol. The van der Waals surface area contributed by atoms with E-state index < -0.39 is 12.1 Å². The lowest BCUT2D eigenvalue weighted by atomic mass is 9.85. The molecule has 1 fully saturated rings. The highest BCUT2D eigenvalue weighted by molar-refractivity contribution is 5.72. The molecule has 1 aliphatic carbocycles. The van der Waals surface area contributed by atoms with Gasteiger partial charge in [-0.1, -0.05) is 62.4 Å². The summed E-state index contributed by atoms with van der Waals surface area (Å²) in [7, 11) is 0. The van der Waals surface area contributed by atoms with E-state index in [0.29, 0.717) is 18.9 Å². The minimum atomic E-state index is -0.832. The molecule has 3 heteroatoms. The topological polar surface area (TPSA) is 46.5 Å². The highest BCUT2D eigenvalue weighted by atomic mass is 16.5. The maximum absolute atomic E-state index is 11.3. The fourth-order valence-corrected chi connectivity index (χ4v) is 2.74. The zero-order chi connectivity index (χ0) is 13.5.